The Morgan fingerprint density at radius 1 is 1.52 bits per heavy atom. The molecule has 0 aromatic carbocycles. The van der Waals surface area contributed by atoms with Gasteiger partial charge in [0.2, 0.25) is 5.91 Å². The van der Waals surface area contributed by atoms with Gasteiger partial charge in [-0.15, -0.1) is 0 Å². The summed E-state index contributed by atoms with van der Waals surface area (Å²) in [7, 11) is 0. The van der Waals surface area contributed by atoms with Crippen molar-refractivity contribution in [1.82, 2.24) is 14.8 Å². The molecule has 0 aliphatic heterocycles. The third-order valence-corrected chi connectivity index (χ3v) is 3.72. The van der Waals surface area contributed by atoms with Gasteiger partial charge >= 0.3 is 10.8 Å². The van der Waals surface area contributed by atoms with Crippen LogP contribution < -0.4 is 10.2 Å². The number of aromatic nitrogens is 3. The Morgan fingerprint density at radius 3 is 2.86 bits per heavy atom. The molecule has 2 aromatic heterocycles. The Bertz CT molecular complexity index is 715. The zero-order valence-electron chi connectivity index (χ0n) is 11.3. The molecule has 0 radical (unpaired) electrons. The number of carboxylic acid groups (broad SMARTS) is 1. The number of carbonyl (C=O) groups excluding carboxylic acids is 1. The van der Waals surface area contributed by atoms with E-state index in [9.17, 15) is 14.4 Å². The molecule has 0 unspecified atom stereocenters. The van der Waals surface area contributed by atoms with Crippen LogP contribution in [0.15, 0.2) is 16.2 Å². The van der Waals surface area contributed by atoms with E-state index in [2.05, 4.69) is 15.5 Å². The van der Waals surface area contributed by atoms with Crippen LogP contribution in [0.4, 0.5) is 5.82 Å². The van der Waals surface area contributed by atoms with Crippen LogP contribution in [0.25, 0.3) is 0 Å². The lowest BCUT2D eigenvalue weighted by Crippen LogP contribution is -2.17. The molecule has 1 amide bonds. The van der Waals surface area contributed by atoms with Crippen LogP contribution >= 0.6 is 11.3 Å². The van der Waals surface area contributed by atoms with Gasteiger partial charge in [0.15, 0.2) is 5.82 Å². The lowest BCUT2D eigenvalue weighted by molar-refractivity contribution is -0.116. The largest absolute Gasteiger partial charge is 0.477 e. The fourth-order valence-electron chi connectivity index (χ4n) is 1.77. The van der Waals surface area contributed by atoms with Gasteiger partial charge in [0.25, 0.3) is 0 Å². The van der Waals surface area contributed by atoms with Crippen LogP contribution in [0.5, 0.6) is 0 Å². The lowest BCUT2D eigenvalue weighted by atomic mass is 10.3. The molecule has 0 aliphatic carbocycles. The van der Waals surface area contributed by atoms with E-state index in [1.807, 2.05) is 6.92 Å². The van der Waals surface area contributed by atoms with E-state index in [-0.39, 0.29) is 28.7 Å². The van der Waals surface area contributed by atoms with Gasteiger partial charge in [-0.2, -0.15) is 5.10 Å². The van der Waals surface area contributed by atoms with E-state index in [4.69, 9.17) is 5.11 Å². The summed E-state index contributed by atoms with van der Waals surface area (Å²) in [6, 6.07) is 1.24. The summed E-state index contributed by atoms with van der Waals surface area (Å²) in [5, 5.41) is 19.0. The van der Waals surface area contributed by atoms with Crippen LogP contribution in [-0.2, 0) is 11.3 Å². The summed E-state index contributed by atoms with van der Waals surface area (Å²) in [5.74, 6) is -1.25. The second-order valence-electron chi connectivity index (χ2n) is 4.42. The van der Waals surface area contributed by atoms with E-state index in [0.29, 0.717) is 13.0 Å². The van der Waals surface area contributed by atoms with Crippen molar-refractivity contribution in [3.05, 3.63) is 32.5 Å². The molecule has 2 aromatic rings. The van der Waals surface area contributed by atoms with Gasteiger partial charge in [0, 0.05) is 30.1 Å². The molecule has 0 aliphatic rings. The number of carboxylic acids is 1. The molecule has 0 saturated heterocycles. The highest BCUT2D eigenvalue weighted by molar-refractivity contribution is 7.07. The monoisotopic (exact) mass is 310 g/mol. The van der Waals surface area contributed by atoms with E-state index in [1.54, 1.807) is 9.95 Å². The molecule has 9 heteroatoms. The van der Waals surface area contributed by atoms with Gasteiger partial charge in [-0.05, 0) is 13.3 Å². The zero-order chi connectivity index (χ0) is 15.4. The van der Waals surface area contributed by atoms with Crippen LogP contribution in [0, 0.1) is 6.92 Å². The Hall–Kier alpha value is -2.42. The molecular formula is C12H14N4O4S. The van der Waals surface area contributed by atoms with Crippen molar-refractivity contribution in [3.8, 4) is 0 Å². The number of aryl methyl sites for hydroxylation is 1. The summed E-state index contributed by atoms with van der Waals surface area (Å²) in [4.78, 5) is 33.8. The summed E-state index contributed by atoms with van der Waals surface area (Å²) in [5.41, 5.74) is 0.787. The SMILES string of the molecule is Cc1csc(=O)n1CCCC(=O)Nc1cc(C(=O)O)[nH]n1. The standard InChI is InChI=1S/C12H14N4O4S/c1-7-6-21-12(20)16(7)4-2-3-10(17)13-9-5-8(11(18)19)14-15-9/h5-6H,2-4H2,1H3,(H,18,19)(H2,13,14,15,17). The van der Waals surface area contributed by atoms with Crippen LogP contribution in [0.2, 0.25) is 0 Å². The normalized spacial score (nSPS) is 10.5. The Kier molecular flexibility index (Phi) is 4.53. The molecule has 0 spiro atoms. The van der Waals surface area contributed by atoms with E-state index in [1.165, 1.54) is 6.07 Å². The Labute approximate surface area is 123 Å². The van der Waals surface area contributed by atoms with Gasteiger partial charge in [-0.1, -0.05) is 11.3 Å². The first-order valence-corrected chi connectivity index (χ1v) is 7.09. The Morgan fingerprint density at radius 2 is 2.29 bits per heavy atom. The fraction of sp³-hybridized carbons (Fsp3) is 0.333. The van der Waals surface area contributed by atoms with Gasteiger partial charge in [-0.3, -0.25) is 14.7 Å². The second kappa shape index (κ2) is 6.35. The van der Waals surface area contributed by atoms with Crippen molar-refractivity contribution in [2.45, 2.75) is 26.3 Å². The summed E-state index contributed by atoms with van der Waals surface area (Å²) < 4.78 is 1.62. The third-order valence-electron chi connectivity index (χ3n) is 2.84. The number of carbonyl (C=O) groups is 2. The summed E-state index contributed by atoms with van der Waals surface area (Å²) in [6.07, 6.45) is 0.733. The number of aromatic carboxylic acids is 1. The quantitative estimate of drug-likeness (QED) is 0.737. The number of H-pyrrole nitrogens is 1. The highest BCUT2D eigenvalue weighted by atomic mass is 32.1. The number of nitrogens with zero attached hydrogens (tertiary/aromatic N) is 2. The first kappa shape index (κ1) is 15.0. The highest BCUT2D eigenvalue weighted by Gasteiger charge is 2.10. The molecule has 0 fully saturated rings. The van der Waals surface area contributed by atoms with Gasteiger partial charge < -0.3 is 15.0 Å². The number of rotatable bonds is 6. The zero-order valence-corrected chi connectivity index (χ0v) is 12.1. The maximum atomic E-state index is 11.7. The van der Waals surface area contributed by atoms with Crippen molar-refractivity contribution < 1.29 is 14.7 Å². The predicted octanol–water partition coefficient (Wildman–Crippen LogP) is 1.06. The minimum Gasteiger partial charge on any atom is -0.477 e. The molecule has 112 valence electrons. The summed E-state index contributed by atoms with van der Waals surface area (Å²) >= 11 is 1.14. The minimum atomic E-state index is -1.14. The number of aromatic amines is 1. The van der Waals surface area contributed by atoms with Crippen molar-refractivity contribution in [3.63, 3.8) is 0 Å². The molecular weight excluding hydrogens is 296 g/mol. The maximum Gasteiger partial charge on any atom is 0.353 e. The van der Waals surface area contributed by atoms with Crippen molar-refractivity contribution in [2.24, 2.45) is 0 Å². The molecule has 2 heterocycles. The van der Waals surface area contributed by atoms with Crippen molar-refractivity contribution >= 4 is 29.0 Å². The van der Waals surface area contributed by atoms with Crippen LogP contribution in [-0.4, -0.2) is 31.7 Å². The van der Waals surface area contributed by atoms with Crippen LogP contribution in [0.3, 0.4) is 0 Å². The number of amides is 1. The number of nitrogens with one attached hydrogen (secondary N) is 2. The average molecular weight is 310 g/mol. The van der Waals surface area contributed by atoms with Gasteiger partial charge in [0.1, 0.15) is 5.69 Å². The van der Waals surface area contributed by atoms with Crippen molar-refractivity contribution in [2.75, 3.05) is 5.32 Å². The Balaban J connectivity index is 1.82. The molecule has 0 saturated carbocycles. The smallest absolute Gasteiger partial charge is 0.353 e. The van der Waals surface area contributed by atoms with E-state index >= 15 is 0 Å². The van der Waals surface area contributed by atoms with Gasteiger partial charge in [-0.25, -0.2) is 4.79 Å². The molecule has 3 N–H and O–H groups in total. The lowest BCUT2D eigenvalue weighted by Gasteiger charge is -2.04. The number of hydrogen-bond acceptors (Lipinski definition) is 5. The number of thiazole rings is 1. The maximum absolute atomic E-state index is 11.7. The first-order valence-electron chi connectivity index (χ1n) is 6.21. The molecule has 0 bridgehead atoms. The van der Waals surface area contributed by atoms with E-state index in [0.717, 1.165) is 17.0 Å². The molecule has 8 nitrogen and oxygen atoms in total. The first-order chi connectivity index (χ1) is 9.97. The highest BCUT2D eigenvalue weighted by Crippen LogP contribution is 2.07. The second-order valence-corrected chi connectivity index (χ2v) is 5.24. The fourth-order valence-corrected chi connectivity index (χ4v) is 2.53. The molecule has 2 rings (SSSR count). The minimum absolute atomic E-state index is 0.0358. The summed E-state index contributed by atoms with van der Waals surface area (Å²) in [6.45, 7) is 2.32. The molecule has 21 heavy (non-hydrogen) atoms. The third kappa shape index (κ3) is 3.78. The van der Waals surface area contributed by atoms with Crippen molar-refractivity contribution in [1.29, 1.82) is 0 Å². The topological polar surface area (TPSA) is 117 Å². The predicted molar refractivity (Wildman–Crippen MR) is 76.7 cm³/mol. The number of anilines is 1. The molecule has 0 atom stereocenters. The number of hydrogen-bond donors (Lipinski definition) is 3. The van der Waals surface area contributed by atoms with Crippen LogP contribution in [0.1, 0.15) is 29.0 Å². The van der Waals surface area contributed by atoms with Gasteiger partial charge in [0.05, 0.1) is 0 Å². The average Bonchev–Trinajstić information content (AvgIpc) is 3.00. The van der Waals surface area contributed by atoms with E-state index < -0.39 is 5.97 Å².